The Morgan fingerprint density at radius 2 is 2.33 bits per heavy atom. The third-order valence-electron chi connectivity index (χ3n) is 1.77. The fraction of sp³-hybridized carbons (Fsp3) is 0.833. The molecule has 6 heteroatoms. The molecule has 12 heavy (non-hydrogen) atoms. The second-order valence-corrected chi connectivity index (χ2v) is 3.29. The molecule has 70 valence electrons. The minimum atomic E-state index is -1.12. The van der Waals surface area contributed by atoms with Crippen LogP contribution in [0.25, 0.3) is 0 Å². The average molecular weight is 240 g/mol. The number of alkyl halides is 1. The van der Waals surface area contributed by atoms with E-state index in [1.807, 2.05) is 0 Å². The van der Waals surface area contributed by atoms with Gasteiger partial charge in [0.05, 0.1) is 0 Å². The number of carbonyl (C=O) groups is 1. The first-order valence-corrected chi connectivity index (χ1v) is 4.58. The SMILES string of the molecule is N[C@H]1C(=O)O[C@@H]([C@H](O)CBr)[C@@H]1O. The van der Waals surface area contributed by atoms with Gasteiger partial charge in [-0.25, -0.2) is 0 Å². The number of esters is 1. The molecule has 0 spiro atoms. The molecular weight excluding hydrogens is 230 g/mol. The molecule has 4 atom stereocenters. The fourth-order valence-corrected chi connectivity index (χ4v) is 1.39. The number of aliphatic hydroxyl groups is 2. The van der Waals surface area contributed by atoms with Gasteiger partial charge < -0.3 is 20.7 Å². The van der Waals surface area contributed by atoms with Crippen LogP contribution in [0.1, 0.15) is 0 Å². The topological polar surface area (TPSA) is 92.8 Å². The Labute approximate surface area is 77.6 Å². The minimum absolute atomic E-state index is 0.231. The first kappa shape index (κ1) is 9.91. The van der Waals surface area contributed by atoms with Crippen molar-refractivity contribution in [2.45, 2.75) is 24.4 Å². The standard InChI is InChI=1S/C6H10BrNO4/c7-1-2(9)5-4(10)3(8)6(11)12-5/h2-5,9-10H,1,8H2/t2-,3-,4-,5+/m1/s1. The molecule has 0 aromatic heterocycles. The Morgan fingerprint density at radius 1 is 1.75 bits per heavy atom. The van der Waals surface area contributed by atoms with E-state index >= 15 is 0 Å². The summed E-state index contributed by atoms with van der Waals surface area (Å²) in [6, 6.07) is -1.04. The van der Waals surface area contributed by atoms with Crippen molar-refractivity contribution in [3.63, 3.8) is 0 Å². The lowest BCUT2D eigenvalue weighted by molar-refractivity contribution is -0.146. The van der Waals surface area contributed by atoms with E-state index < -0.39 is 30.3 Å². The maximum absolute atomic E-state index is 10.8. The molecule has 1 saturated heterocycles. The molecule has 1 aliphatic rings. The van der Waals surface area contributed by atoms with Gasteiger partial charge in [0.1, 0.15) is 18.2 Å². The molecule has 0 amide bonds. The van der Waals surface area contributed by atoms with Gasteiger partial charge in [0.2, 0.25) is 0 Å². The molecule has 1 heterocycles. The zero-order valence-corrected chi connectivity index (χ0v) is 7.77. The smallest absolute Gasteiger partial charge is 0.326 e. The molecule has 0 aromatic rings. The summed E-state index contributed by atoms with van der Waals surface area (Å²) in [7, 11) is 0. The molecule has 1 fully saturated rings. The number of ether oxygens (including phenoxy) is 1. The fourth-order valence-electron chi connectivity index (χ4n) is 1.02. The maximum Gasteiger partial charge on any atom is 0.326 e. The van der Waals surface area contributed by atoms with Gasteiger partial charge in [-0.2, -0.15) is 0 Å². The van der Waals surface area contributed by atoms with E-state index in [1.54, 1.807) is 0 Å². The molecule has 0 radical (unpaired) electrons. The number of rotatable bonds is 2. The summed E-state index contributed by atoms with van der Waals surface area (Å²) in [6.07, 6.45) is -2.95. The average Bonchev–Trinajstić information content (AvgIpc) is 2.32. The van der Waals surface area contributed by atoms with Gasteiger partial charge >= 0.3 is 5.97 Å². The van der Waals surface area contributed by atoms with Crippen molar-refractivity contribution in [1.82, 2.24) is 0 Å². The second kappa shape index (κ2) is 3.69. The highest BCUT2D eigenvalue weighted by molar-refractivity contribution is 9.09. The van der Waals surface area contributed by atoms with Crippen LogP contribution in [0.4, 0.5) is 0 Å². The van der Waals surface area contributed by atoms with Gasteiger partial charge in [-0.1, -0.05) is 15.9 Å². The van der Waals surface area contributed by atoms with Gasteiger partial charge in [0.15, 0.2) is 6.10 Å². The minimum Gasteiger partial charge on any atom is -0.455 e. The van der Waals surface area contributed by atoms with Crippen LogP contribution in [-0.2, 0) is 9.53 Å². The van der Waals surface area contributed by atoms with Crippen molar-refractivity contribution in [2.75, 3.05) is 5.33 Å². The van der Waals surface area contributed by atoms with Crippen molar-refractivity contribution < 1.29 is 19.7 Å². The van der Waals surface area contributed by atoms with E-state index in [4.69, 9.17) is 5.73 Å². The van der Waals surface area contributed by atoms with E-state index in [1.165, 1.54) is 0 Å². The Morgan fingerprint density at radius 3 is 2.67 bits per heavy atom. The van der Waals surface area contributed by atoms with Crippen molar-refractivity contribution in [2.24, 2.45) is 5.73 Å². The predicted molar refractivity (Wildman–Crippen MR) is 43.7 cm³/mol. The Bertz CT molecular complexity index is 188. The normalized spacial score (nSPS) is 38.0. The Hall–Kier alpha value is -0.170. The van der Waals surface area contributed by atoms with Gasteiger partial charge in [-0.3, -0.25) is 4.79 Å². The molecule has 5 nitrogen and oxygen atoms in total. The molecular formula is C6H10BrNO4. The van der Waals surface area contributed by atoms with E-state index in [9.17, 15) is 15.0 Å². The molecule has 1 rings (SSSR count). The van der Waals surface area contributed by atoms with Crippen LogP contribution < -0.4 is 5.73 Å². The van der Waals surface area contributed by atoms with Gasteiger partial charge in [0, 0.05) is 5.33 Å². The molecule has 1 aliphatic heterocycles. The largest absolute Gasteiger partial charge is 0.455 e. The van der Waals surface area contributed by atoms with Crippen molar-refractivity contribution in [3.8, 4) is 0 Å². The third kappa shape index (κ3) is 1.61. The van der Waals surface area contributed by atoms with Gasteiger partial charge in [0.25, 0.3) is 0 Å². The number of aliphatic hydroxyl groups excluding tert-OH is 2. The zero-order valence-electron chi connectivity index (χ0n) is 6.18. The van der Waals surface area contributed by atoms with Crippen LogP contribution >= 0.6 is 15.9 Å². The number of nitrogens with two attached hydrogens (primary N) is 1. The number of cyclic esters (lactones) is 1. The highest BCUT2D eigenvalue weighted by Crippen LogP contribution is 2.18. The van der Waals surface area contributed by atoms with Crippen LogP contribution in [0, 0.1) is 0 Å². The number of halogens is 1. The van der Waals surface area contributed by atoms with E-state index in [-0.39, 0.29) is 5.33 Å². The molecule has 0 aromatic carbocycles. The van der Waals surface area contributed by atoms with E-state index in [0.29, 0.717) is 0 Å². The van der Waals surface area contributed by atoms with Gasteiger partial charge in [-0.05, 0) is 0 Å². The Kier molecular flexibility index (Phi) is 3.05. The Balaban J connectivity index is 2.64. The molecule has 0 unspecified atom stereocenters. The number of hydrogen-bond acceptors (Lipinski definition) is 5. The summed E-state index contributed by atoms with van der Waals surface area (Å²) in [4.78, 5) is 10.8. The number of hydrogen-bond donors (Lipinski definition) is 3. The van der Waals surface area contributed by atoms with Crippen molar-refractivity contribution in [1.29, 1.82) is 0 Å². The van der Waals surface area contributed by atoms with Crippen LogP contribution in [0.15, 0.2) is 0 Å². The summed E-state index contributed by atoms with van der Waals surface area (Å²) in [6.45, 7) is 0. The lowest BCUT2D eigenvalue weighted by atomic mass is 10.1. The lowest BCUT2D eigenvalue weighted by Crippen LogP contribution is -2.43. The quantitative estimate of drug-likeness (QED) is 0.397. The first-order chi connectivity index (χ1) is 5.57. The zero-order chi connectivity index (χ0) is 9.30. The van der Waals surface area contributed by atoms with E-state index in [2.05, 4.69) is 20.7 Å². The molecule has 0 aliphatic carbocycles. The first-order valence-electron chi connectivity index (χ1n) is 3.46. The number of carbonyl (C=O) groups excluding carboxylic acids is 1. The third-order valence-corrected chi connectivity index (χ3v) is 2.43. The van der Waals surface area contributed by atoms with Crippen LogP contribution in [0.2, 0.25) is 0 Å². The predicted octanol–water partition coefficient (Wildman–Crippen LogP) is -1.64. The van der Waals surface area contributed by atoms with E-state index in [0.717, 1.165) is 0 Å². The summed E-state index contributed by atoms with van der Waals surface area (Å²) >= 11 is 3.00. The maximum atomic E-state index is 10.8. The second-order valence-electron chi connectivity index (χ2n) is 2.64. The lowest BCUT2D eigenvalue weighted by Gasteiger charge is -2.17. The molecule has 0 bridgehead atoms. The van der Waals surface area contributed by atoms with Crippen LogP contribution in [0.3, 0.4) is 0 Å². The molecule has 0 saturated carbocycles. The molecule has 4 N–H and O–H groups in total. The van der Waals surface area contributed by atoms with Crippen molar-refractivity contribution in [3.05, 3.63) is 0 Å². The highest BCUT2D eigenvalue weighted by atomic mass is 79.9. The van der Waals surface area contributed by atoms with Gasteiger partial charge in [-0.15, -0.1) is 0 Å². The summed E-state index contributed by atoms with van der Waals surface area (Å²) < 4.78 is 4.64. The highest BCUT2D eigenvalue weighted by Gasteiger charge is 2.44. The summed E-state index contributed by atoms with van der Waals surface area (Å²) in [5, 5.41) is 18.7. The van der Waals surface area contributed by atoms with Crippen LogP contribution in [-0.4, -0.2) is 45.9 Å². The monoisotopic (exact) mass is 239 g/mol. The van der Waals surface area contributed by atoms with Crippen LogP contribution in [0.5, 0.6) is 0 Å². The van der Waals surface area contributed by atoms with Crippen molar-refractivity contribution >= 4 is 21.9 Å². The summed E-state index contributed by atoms with van der Waals surface area (Å²) in [5.41, 5.74) is 5.25. The summed E-state index contributed by atoms with van der Waals surface area (Å²) in [5.74, 6) is -0.674.